The molecule has 0 aromatic heterocycles. The van der Waals surface area contributed by atoms with Gasteiger partial charge in [0, 0.05) is 12.2 Å². The minimum Gasteiger partial charge on any atom is -0.497 e. The van der Waals surface area contributed by atoms with Crippen LogP contribution < -0.4 is 15.4 Å². The maximum absolute atomic E-state index is 13.0. The summed E-state index contributed by atoms with van der Waals surface area (Å²) in [5.74, 6) is 0.273. The summed E-state index contributed by atoms with van der Waals surface area (Å²) in [7, 11) is 1.58. The van der Waals surface area contributed by atoms with Crippen LogP contribution >= 0.6 is 0 Å². The number of carbonyl (C=O) groups is 1. The molecule has 0 aliphatic heterocycles. The molecule has 0 aliphatic rings. The van der Waals surface area contributed by atoms with Crippen molar-refractivity contribution in [1.82, 2.24) is 5.32 Å². The summed E-state index contributed by atoms with van der Waals surface area (Å²) in [5.41, 5.74) is 0.906. The Hall–Kier alpha value is -3.32. The van der Waals surface area contributed by atoms with Crippen LogP contribution in [0.25, 0.3) is 0 Å². The van der Waals surface area contributed by atoms with Crippen LogP contribution in [0.2, 0.25) is 0 Å². The average Bonchev–Trinajstić information content (AvgIpc) is 2.75. The first-order valence-electron chi connectivity index (χ1n) is 9.26. The zero-order valence-electron chi connectivity index (χ0n) is 16.2. The summed E-state index contributed by atoms with van der Waals surface area (Å²) in [6.07, 6.45) is -4.48. The topological polar surface area (TPSA) is 50.4 Å². The van der Waals surface area contributed by atoms with E-state index < -0.39 is 23.7 Å². The van der Waals surface area contributed by atoms with Crippen molar-refractivity contribution in [3.63, 3.8) is 0 Å². The molecule has 30 heavy (non-hydrogen) atoms. The van der Waals surface area contributed by atoms with Crippen LogP contribution in [0, 0.1) is 0 Å². The number of rotatable bonds is 7. The molecule has 0 unspecified atom stereocenters. The van der Waals surface area contributed by atoms with E-state index in [1.807, 2.05) is 30.3 Å². The fourth-order valence-corrected chi connectivity index (χ4v) is 2.96. The first-order valence-corrected chi connectivity index (χ1v) is 9.26. The number of benzene rings is 3. The lowest BCUT2D eigenvalue weighted by Gasteiger charge is -2.19. The van der Waals surface area contributed by atoms with Gasteiger partial charge in [-0.3, -0.25) is 10.1 Å². The Bertz CT molecular complexity index is 974. The molecule has 3 rings (SSSR count). The van der Waals surface area contributed by atoms with Crippen molar-refractivity contribution >= 4 is 11.6 Å². The summed E-state index contributed by atoms with van der Waals surface area (Å²) in [6.45, 7) is 0.388. The summed E-state index contributed by atoms with van der Waals surface area (Å²) in [6, 6.07) is 20.2. The normalized spacial score (nSPS) is 12.3. The maximum atomic E-state index is 13.0. The number of amides is 1. The molecule has 4 nitrogen and oxygen atoms in total. The summed E-state index contributed by atoms with van der Waals surface area (Å²) < 4.78 is 44.0. The lowest BCUT2D eigenvalue weighted by atomic mass is 10.1. The van der Waals surface area contributed by atoms with Crippen LogP contribution in [0.3, 0.4) is 0 Å². The Morgan fingerprint density at radius 2 is 1.67 bits per heavy atom. The van der Waals surface area contributed by atoms with Crippen LogP contribution in [0.5, 0.6) is 5.75 Å². The quantitative estimate of drug-likeness (QED) is 0.560. The molecule has 1 atom stereocenters. The fraction of sp³-hybridized carbons (Fsp3) is 0.174. The first-order chi connectivity index (χ1) is 14.4. The highest BCUT2D eigenvalue weighted by molar-refractivity contribution is 5.95. The van der Waals surface area contributed by atoms with E-state index in [9.17, 15) is 18.0 Å². The van der Waals surface area contributed by atoms with Crippen molar-refractivity contribution in [2.75, 3.05) is 12.4 Å². The molecule has 0 saturated carbocycles. The zero-order chi connectivity index (χ0) is 21.6. The second kappa shape index (κ2) is 9.45. The Kier molecular flexibility index (Phi) is 6.74. The lowest BCUT2D eigenvalue weighted by molar-refractivity contribution is -0.137. The van der Waals surface area contributed by atoms with Gasteiger partial charge in [-0.1, -0.05) is 48.5 Å². The highest BCUT2D eigenvalue weighted by atomic mass is 19.4. The molecule has 1 amide bonds. The molecule has 0 bridgehead atoms. The molecule has 0 radical (unpaired) electrons. The smallest absolute Gasteiger partial charge is 0.416 e. The van der Waals surface area contributed by atoms with Crippen LogP contribution in [-0.2, 0) is 17.5 Å². The largest absolute Gasteiger partial charge is 0.497 e. The van der Waals surface area contributed by atoms with Crippen molar-refractivity contribution in [2.24, 2.45) is 0 Å². The minimum atomic E-state index is -4.48. The molecule has 0 aliphatic carbocycles. The SMILES string of the molecule is COc1ccc(CN[C@H](C(=O)Nc2cccc(C(F)(F)F)c2)c2ccccc2)cc1. The molecule has 3 aromatic rings. The van der Waals surface area contributed by atoms with E-state index in [0.29, 0.717) is 12.1 Å². The van der Waals surface area contributed by atoms with E-state index in [0.717, 1.165) is 23.4 Å². The average molecular weight is 414 g/mol. The molecule has 0 spiro atoms. The van der Waals surface area contributed by atoms with Gasteiger partial charge in [-0.25, -0.2) is 0 Å². The number of methoxy groups -OCH3 is 1. The van der Waals surface area contributed by atoms with E-state index in [-0.39, 0.29) is 5.69 Å². The number of halogens is 3. The van der Waals surface area contributed by atoms with Crippen molar-refractivity contribution in [2.45, 2.75) is 18.8 Å². The second-order valence-corrected chi connectivity index (χ2v) is 6.64. The monoisotopic (exact) mass is 414 g/mol. The van der Waals surface area contributed by atoms with Crippen LogP contribution in [0.15, 0.2) is 78.9 Å². The highest BCUT2D eigenvalue weighted by Gasteiger charge is 2.30. The van der Waals surface area contributed by atoms with Gasteiger partial charge in [-0.15, -0.1) is 0 Å². The molecule has 0 heterocycles. The second-order valence-electron chi connectivity index (χ2n) is 6.64. The number of anilines is 1. The van der Waals surface area contributed by atoms with Crippen LogP contribution in [-0.4, -0.2) is 13.0 Å². The van der Waals surface area contributed by atoms with Gasteiger partial charge in [0.05, 0.1) is 12.7 Å². The van der Waals surface area contributed by atoms with Gasteiger partial charge in [0.2, 0.25) is 5.91 Å². The molecule has 156 valence electrons. The predicted molar refractivity (Wildman–Crippen MR) is 109 cm³/mol. The van der Waals surface area contributed by atoms with Gasteiger partial charge in [0.25, 0.3) is 0 Å². The van der Waals surface area contributed by atoms with Gasteiger partial charge in [0.15, 0.2) is 0 Å². The Morgan fingerprint density at radius 3 is 2.30 bits per heavy atom. The van der Waals surface area contributed by atoms with E-state index in [4.69, 9.17) is 4.74 Å². The summed E-state index contributed by atoms with van der Waals surface area (Å²) in [4.78, 5) is 12.9. The van der Waals surface area contributed by atoms with E-state index >= 15 is 0 Å². The molecular formula is C23H21F3N2O2. The molecule has 2 N–H and O–H groups in total. The third-order valence-corrected chi connectivity index (χ3v) is 4.52. The van der Waals surface area contributed by atoms with Crippen molar-refractivity contribution in [1.29, 1.82) is 0 Å². The standard InChI is InChI=1S/C23H21F3N2O2/c1-30-20-12-10-16(11-13-20)15-27-21(17-6-3-2-4-7-17)22(29)28-19-9-5-8-18(14-19)23(24,25)26/h2-14,21,27H,15H2,1H3,(H,28,29)/t21-/m0/s1. The fourth-order valence-electron chi connectivity index (χ4n) is 2.96. The Morgan fingerprint density at radius 1 is 0.967 bits per heavy atom. The Balaban J connectivity index is 1.77. The van der Waals surface area contributed by atoms with Gasteiger partial charge >= 0.3 is 6.18 Å². The number of hydrogen-bond acceptors (Lipinski definition) is 3. The van der Waals surface area contributed by atoms with Gasteiger partial charge in [-0.05, 0) is 41.5 Å². The predicted octanol–water partition coefficient (Wildman–Crippen LogP) is 5.18. The summed E-state index contributed by atoms with van der Waals surface area (Å²) >= 11 is 0. The van der Waals surface area contributed by atoms with E-state index in [1.165, 1.54) is 12.1 Å². The molecule has 0 saturated heterocycles. The molecule has 3 aromatic carbocycles. The number of hydrogen-bond donors (Lipinski definition) is 2. The first kappa shape index (κ1) is 21.4. The minimum absolute atomic E-state index is 0.0852. The van der Waals surface area contributed by atoms with E-state index in [2.05, 4.69) is 10.6 Å². The number of nitrogens with one attached hydrogen (secondary N) is 2. The molecule has 7 heteroatoms. The third kappa shape index (κ3) is 5.61. The van der Waals surface area contributed by atoms with Crippen molar-refractivity contribution in [3.8, 4) is 5.75 Å². The molecule has 0 fully saturated rings. The van der Waals surface area contributed by atoms with Crippen LogP contribution in [0.4, 0.5) is 18.9 Å². The van der Waals surface area contributed by atoms with Crippen molar-refractivity contribution in [3.05, 3.63) is 95.6 Å². The molecular weight excluding hydrogens is 393 g/mol. The van der Waals surface area contributed by atoms with Gasteiger partial charge in [-0.2, -0.15) is 13.2 Å². The highest BCUT2D eigenvalue weighted by Crippen LogP contribution is 2.31. The third-order valence-electron chi connectivity index (χ3n) is 4.52. The van der Waals surface area contributed by atoms with E-state index in [1.54, 1.807) is 31.4 Å². The number of ether oxygens (including phenoxy) is 1. The lowest BCUT2D eigenvalue weighted by Crippen LogP contribution is -2.32. The maximum Gasteiger partial charge on any atom is 0.416 e. The zero-order valence-corrected chi connectivity index (χ0v) is 16.2. The summed E-state index contributed by atoms with van der Waals surface area (Å²) in [5, 5.41) is 5.77. The van der Waals surface area contributed by atoms with Crippen molar-refractivity contribution < 1.29 is 22.7 Å². The van der Waals surface area contributed by atoms with Gasteiger partial charge in [0.1, 0.15) is 11.8 Å². The Labute approximate surface area is 172 Å². The van der Waals surface area contributed by atoms with Gasteiger partial charge < -0.3 is 10.1 Å². The van der Waals surface area contributed by atoms with Crippen LogP contribution in [0.1, 0.15) is 22.7 Å². The number of carbonyl (C=O) groups excluding carboxylic acids is 1. The number of alkyl halides is 3.